The average molecular weight is 407 g/mol. The molecular formula is C22H25N5O3. The van der Waals surface area contributed by atoms with Gasteiger partial charge >= 0.3 is 0 Å². The van der Waals surface area contributed by atoms with Crippen molar-refractivity contribution in [1.29, 1.82) is 5.26 Å². The van der Waals surface area contributed by atoms with Crippen LogP contribution in [0.5, 0.6) is 0 Å². The van der Waals surface area contributed by atoms with E-state index < -0.39 is 4.92 Å². The Bertz CT molecular complexity index is 906. The number of benzene rings is 2. The molecule has 8 nitrogen and oxygen atoms in total. The molecule has 1 amide bonds. The van der Waals surface area contributed by atoms with Crippen LogP contribution in [0.1, 0.15) is 24.0 Å². The molecule has 0 unspecified atom stereocenters. The van der Waals surface area contributed by atoms with E-state index in [2.05, 4.69) is 21.2 Å². The molecule has 0 radical (unpaired) electrons. The fourth-order valence-corrected chi connectivity index (χ4v) is 3.50. The molecular weight excluding hydrogens is 382 g/mol. The van der Waals surface area contributed by atoms with Gasteiger partial charge in [0.1, 0.15) is 0 Å². The molecule has 2 aromatic rings. The Labute approximate surface area is 175 Å². The quantitative estimate of drug-likeness (QED) is 0.559. The van der Waals surface area contributed by atoms with Gasteiger partial charge in [-0.1, -0.05) is 12.1 Å². The maximum atomic E-state index is 12.2. The smallest absolute Gasteiger partial charge is 0.269 e. The summed E-state index contributed by atoms with van der Waals surface area (Å²) in [6.07, 6.45) is 1.42. The minimum atomic E-state index is -0.463. The summed E-state index contributed by atoms with van der Waals surface area (Å²) in [5.41, 5.74) is 2.44. The van der Waals surface area contributed by atoms with Gasteiger partial charge in [-0.25, -0.2) is 0 Å². The number of rotatable bonds is 7. The number of carbonyl (C=O) groups is 1. The number of non-ortho nitro benzene ring substituents is 1. The molecule has 0 spiro atoms. The molecule has 30 heavy (non-hydrogen) atoms. The first kappa shape index (κ1) is 21.4. The molecule has 8 heteroatoms. The molecule has 156 valence electrons. The highest BCUT2D eigenvalue weighted by Gasteiger charge is 2.16. The van der Waals surface area contributed by atoms with E-state index in [1.165, 1.54) is 17.7 Å². The summed E-state index contributed by atoms with van der Waals surface area (Å²) in [5, 5.41) is 22.4. The van der Waals surface area contributed by atoms with Crippen molar-refractivity contribution >= 4 is 17.3 Å². The number of anilines is 1. The normalized spacial score (nSPS) is 15.2. The second-order valence-electron chi connectivity index (χ2n) is 7.38. The van der Waals surface area contributed by atoms with Crippen LogP contribution in [0, 0.1) is 21.4 Å². The van der Waals surface area contributed by atoms with Crippen LogP contribution in [-0.4, -0.2) is 53.4 Å². The summed E-state index contributed by atoms with van der Waals surface area (Å²) < 4.78 is 0. The molecule has 1 aliphatic heterocycles. The molecule has 1 N–H and O–H groups in total. The standard InChI is InChI=1S/C22H25N5O3/c23-16-18-2-4-19(5-3-18)17-26-12-1-11-25(14-15-26)13-10-22(28)24-20-6-8-21(9-7-20)27(29)30/h2-9H,1,10-15,17H2,(H,24,28). The largest absolute Gasteiger partial charge is 0.326 e. The molecule has 0 saturated carbocycles. The Morgan fingerprint density at radius 1 is 1.03 bits per heavy atom. The molecule has 3 rings (SSSR count). The predicted octanol–water partition coefficient (Wildman–Crippen LogP) is 3.00. The van der Waals surface area contributed by atoms with E-state index in [1.807, 2.05) is 24.3 Å². The summed E-state index contributed by atoms with van der Waals surface area (Å²) >= 11 is 0. The fourth-order valence-electron chi connectivity index (χ4n) is 3.50. The Morgan fingerprint density at radius 2 is 1.70 bits per heavy atom. The van der Waals surface area contributed by atoms with E-state index in [-0.39, 0.29) is 11.6 Å². The number of nitriles is 1. The maximum absolute atomic E-state index is 12.2. The highest BCUT2D eigenvalue weighted by molar-refractivity contribution is 5.90. The lowest BCUT2D eigenvalue weighted by molar-refractivity contribution is -0.384. The second kappa shape index (κ2) is 10.5. The minimum Gasteiger partial charge on any atom is -0.326 e. The summed E-state index contributed by atoms with van der Waals surface area (Å²) in [5.74, 6) is -0.0949. The first-order chi connectivity index (χ1) is 14.5. The van der Waals surface area contributed by atoms with Crippen LogP contribution in [0.25, 0.3) is 0 Å². The fraction of sp³-hybridized carbons (Fsp3) is 0.364. The number of amides is 1. The van der Waals surface area contributed by atoms with Crippen LogP contribution >= 0.6 is 0 Å². The molecule has 0 atom stereocenters. The van der Waals surface area contributed by atoms with Gasteiger partial charge in [0.2, 0.25) is 5.91 Å². The molecule has 0 aliphatic carbocycles. The van der Waals surface area contributed by atoms with Crippen LogP contribution in [0.3, 0.4) is 0 Å². The SMILES string of the molecule is N#Cc1ccc(CN2CCCN(CCC(=O)Nc3ccc([N+](=O)[O-])cc3)CC2)cc1. The summed E-state index contributed by atoms with van der Waals surface area (Å²) in [4.78, 5) is 27.1. The van der Waals surface area contributed by atoms with E-state index in [0.29, 0.717) is 24.2 Å². The van der Waals surface area contributed by atoms with Crippen molar-refractivity contribution in [3.63, 3.8) is 0 Å². The van der Waals surface area contributed by atoms with Gasteiger partial charge in [0, 0.05) is 50.4 Å². The summed E-state index contributed by atoms with van der Waals surface area (Å²) in [7, 11) is 0. The van der Waals surface area contributed by atoms with E-state index in [9.17, 15) is 14.9 Å². The van der Waals surface area contributed by atoms with Crippen molar-refractivity contribution in [2.24, 2.45) is 0 Å². The molecule has 0 bridgehead atoms. The van der Waals surface area contributed by atoms with E-state index in [0.717, 1.165) is 39.1 Å². The van der Waals surface area contributed by atoms with Gasteiger partial charge in [0.25, 0.3) is 5.69 Å². The van der Waals surface area contributed by atoms with E-state index >= 15 is 0 Å². The lowest BCUT2D eigenvalue weighted by Gasteiger charge is -2.21. The lowest BCUT2D eigenvalue weighted by atomic mass is 10.1. The van der Waals surface area contributed by atoms with Crippen molar-refractivity contribution in [3.8, 4) is 6.07 Å². The summed E-state index contributed by atoms with van der Waals surface area (Å²) in [6.45, 7) is 5.34. The van der Waals surface area contributed by atoms with Gasteiger partial charge in [-0.15, -0.1) is 0 Å². The third-order valence-electron chi connectivity index (χ3n) is 5.19. The van der Waals surface area contributed by atoms with Crippen LogP contribution < -0.4 is 5.32 Å². The van der Waals surface area contributed by atoms with E-state index in [4.69, 9.17) is 5.26 Å². The van der Waals surface area contributed by atoms with Gasteiger partial charge < -0.3 is 10.2 Å². The molecule has 1 aliphatic rings. The predicted molar refractivity (Wildman–Crippen MR) is 114 cm³/mol. The number of nitrogens with one attached hydrogen (secondary N) is 1. The van der Waals surface area contributed by atoms with Gasteiger partial charge in [-0.3, -0.25) is 19.8 Å². The minimum absolute atomic E-state index is 0.00289. The monoisotopic (exact) mass is 407 g/mol. The van der Waals surface area contributed by atoms with Crippen molar-refractivity contribution in [2.75, 3.05) is 38.0 Å². The molecule has 1 heterocycles. The van der Waals surface area contributed by atoms with Gasteiger partial charge in [-0.05, 0) is 49.3 Å². The zero-order valence-corrected chi connectivity index (χ0v) is 16.8. The van der Waals surface area contributed by atoms with Crippen molar-refractivity contribution in [3.05, 3.63) is 69.8 Å². The molecule has 0 aromatic heterocycles. The van der Waals surface area contributed by atoms with Crippen molar-refractivity contribution < 1.29 is 9.72 Å². The first-order valence-corrected chi connectivity index (χ1v) is 10.0. The number of hydrogen-bond acceptors (Lipinski definition) is 6. The Hall–Kier alpha value is -3.28. The Balaban J connectivity index is 1.41. The Kier molecular flexibility index (Phi) is 7.49. The maximum Gasteiger partial charge on any atom is 0.269 e. The highest BCUT2D eigenvalue weighted by atomic mass is 16.6. The zero-order valence-electron chi connectivity index (χ0n) is 16.8. The number of nitrogens with zero attached hydrogens (tertiary/aromatic N) is 4. The number of nitro benzene ring substituents is 1. The lowest BCUT2D eigenvalue weighted by Crippen LogP contribution is -2.32. The number of carbonyl (C=O) groups excluding carboxylic acids is 1. The topological polar surface area (TPSA) is 103 Å². The Morgan fingerprint density at radius 3 is 2.37 bits per heavy atom. The second-order valence-corrected chi connectivity index (χ2v) is 7.38. The highest BCUT2D eigenvalue weighted by Crippen LogP contribution is 2.16. The third kappa shape index (κ3) is 6.37. The average Bonchev–Trinajstić information content (AvgIpc) is 2.98. The molecule has 1 saturated heterocycles. The molecule has 2 aromatic carbocycles. The van der Waals surface area contributed by atoms with Gasteiger partial charge in [-0.2, -0.15) is 5.26 Å². The zero-order chi connectivity index (χ0) is 21.3. The van der Waals surface area contributed by atoms with E-state index in [1.54, 1.807) is 12.1 Å². The third-order valence-corrected chi connectivity index (χ3v) is 5.19. The molecule has 1 fully saturated rings. The summed E-state index contributed by atoms with van der Waals surface area (Å²) in [6, 6.07) is 15.7. The number of nitro groups is 1. The van der Waals surface area contributed by atoms with Crippen LogP contribution in [0.15, 0.2) is 48.5 Å². The first-order valence-electron chi connectivity index (χ1n) is 10.0. The number of hydrogen-bond donors (Lipinski definition) is 1. The van der Waals surface area contributed by atoms with Crippen LogP contribution in [0.4, 0.5) is 11.4 Å². The van der Waals surface area contributed by atoms with Crippen molar-refractivity contribution in [2.45, 2.75) is 19.4 Å². The van der Waals surface area contributed by atoms with Crippen molar-refractivity contribution in [1.82, 2.24) is 9.80 Å². The van der Waals surface area contributed by atoms with Crippen LogP contribution in [0.2, 0.25) is 0 Å². The van der Waals surface area contributed by atoms with Crippen LogP contribution in [-0.2, 0) is 11.3 Å². The van der Waals surface area contributed by atoms with Gasteiger partial charge in [0.15, 0.2) is 0 Å². The van der Waals surface area contributed by atoms with Gasteiger partial charge in [0.05, 0.1) is 16.6 Å².